The van der Waals surface area contributed by atoms with Crippen molar-refractivity contribution >= 4 is 46.8 Å². The van der Waals surface area contributed by atoms with Crippen molar-refractivity contribution < 1.29 is 4.42 Å². The van der Waals surface area contributed by atoms with E-state index in [2.05, 4.69) is 104 Å². The van der Waals surface area contributed by atoms with E-state index in [1.54, 1.807) is 0 Å². The third-order valence-electron chi connectivity index (χ3n) is 7.71. The van der Waals surface area contributed by atoms with Gasteiger partial charge in [-0.05, 0) is 42.7 Å². The molecule has 4 aromatic carbocycles. The summed E-state index contributed by atoms with van der Waals surface area (Å²) in [5, 5.41) is 4.64. The van der Waals surface area contributed by atoms with Crippen molar-refractivity contribution in [3.05, 3.63) is 131 Å². The van der Waals surface area contributed by atoms with E-state index in [4.69, 9.17) is 9.41 Å². The molecule has 0 saturated heterocycles. The summed E-state index contributed by atoms with van der Waals surface area (Å²) >= 11 is 0. The maximum Gasteiger partial charge on any atom is 0.203 e. The van der Waals surface area contributed by atoms with E-state index in [0.29, 0.717) is 0 Å². The standard InChI is InChI=1S/C34H27BN2O/c1-21-19-25(20-22(2)32(21)35-26-9-4-3-5-10-26)23-14-16-24(17-15-23)30-31-27-11-6-7-13-29(27)38-34(31)37-28-12-8-18-36-33(28)30/h3-20,28,35,37H,1-2H3. The number of nitrogens with one attached hydrogen (secondary N) is 1. The highest BCUT2D eigenvalue weighted by molar-refractivity contribution is 6.68. The highest BCUT2D eigenvalue weighted by Gasteiger charge is 2.31. The van der Waals surface area contributed by atoms with Crippen LogP contribution in [0.2, 0.25) is 0 Å². The Bertz CT molecular complexity index is 1750. The number of fused-ring (bicyclic) bond motifs is 4. The molecule has 182 valence electrons. The van der Waals surface area contributed by atoms with Crippen LogP contribution >= 0.6 is 0 Å². The van der Waals surface area contributed by atoms with Crippen molar-refractivity contribution in [1.29, 1.82) is 0 Å². The molecule has 2 aliphatic heterocycles. The number of rotatable bonds is 4. The Balaban J connectivity index is 1.28. The number of hydrogen-bond donors (Lipinski definition) is 1. The highest BCUT2D eigenvalue weighted by Crippen LogP contribution is 2.45. The largest absolute Gasteiger partial charge is 0.440 e. The van der Waals surface area contributed by atoms with Gasteiger partial charge in [0.15, 0.2) is 7.28 Å². The first-order valence-electron chi connectivity index (χ1n) is 13.1. The first-order valence-corrected chi connectivity index (χ1v) is 13.1. The van der Waals surface area contributed by atoms with Gasteiger partial charge in [-0.25, -0.2) is 0 Å². The average Bonchev–Trinajstić information content (AvgIpc) is 3.32. The third-order valence-corrected chi connectivity index (χ3v) is 7.71. The van der Waals surface area contributed by atoms with Gasteiger partial charge >= 0.3 is 0 Å². The lowest BCUT2D eigenvalue weighted by Crippen LogP contribution is -2.31. The van der Waals surface area contributed by atoms with Crippen LogP contribution < -0.4 is 16.2 Å². The summed E-state index contributed by atoms with van der Waals surface area (Å²) in [4.78, 5) is 4.81. The van der Waals surface area contributed by atoms with E-state index in [1.165, 1.54) is 33.2 Å². The van der Waals surface area contributed by atoms with Crippen molar-refractivity contribution in [3.63, 3.8) is 0 Å². The van der Waals surface area contributed by atoms with Gasteiger partial charge in [0.2, 0.25) is 5.88 Å². The summed E-state index contributed by atoms with van der Waals surface area (Å²) in [5.41, 5.74) is 13.1. The maximum absolute atomic E-state index is 6.23. The normalized spacial score (nSPS) is 15.8. The lowest BCUT2D eigenvalue weighted by Gasteiger charge is -2.27. The SMILES string of the molecule is Cc1cc(-c2ccc(C3=C4N=CC=CC4Nc4oc5ccccc5c43)cc2)cc(C)c1Bc1ccccc1. The number of benzene rings is 4. The Kier molecular flexibility index (Phi) is 5.40. The van der Waals surface area contributed by atoms with Crippen molar-refractivity contribution in [2.75, 3.05) is 5.32 Å². The number of aliphatic imine (C=N–C) groups is 1. The maximum atomic E-state index is 6.23. The molecule has 1 N–H and O–H groups in total. The zero-order valence-electron chi connectivity index (χ0n) is 21.5. The lowest BCUT2D eigenvalue weighted by atomic mass is 9.61. The first kappa shape index (κ1) is 22.6. The summed E-state index contributed by atoms with van der Waals surface area (Å²) in [6, 6.07) is 32.5. The number of hydrogen-bond acceptors (Lipinski definition) is 3. The molecule has 4 heteroatoms. The second-order valence-electron chi connectivity index (χ2n) is 10.2. The number of furan rings is 1. The van der Waals surface area contributed by atoms with Gasteiger partial charge in [0.05, 0.1) is 17.3 Å². The highest BCUT2D eigenvalue weighted by atomic mass is 16.4. The smallest absolute Gasteiger partial charge is 0.203 e. The van der Waals surface area contributed by atoms with Crippen LogP contribution in [0.25, 0.3) is 27.7 Å². The Hall–Kier alpha value is -4.57. The fourth-order valence-electron chi connectivity index (χ4n) is 5.82. The minimum Gasteiger partial charge on any atom is -0.440 e. The van der Waals surface area contributed by atoms with Crippen LogP contribution in [-0.4, -0.2) is 19.5 Å². The quantitative estimate of drug-likeness (QED) is 0.301. The lowest BCUT2D eigenvalue weighted by molar-refractivity contribution is 0.620. The van der Waals surface area contributed by atoms with Crippen LogP contribution in [0.5, 0.6) is 0 Å². The molecule has 0 spiro atoms. The van der Waals surface area contributed by atoms with Gasteiger partial charge in [-0.3, -0.25) is 4.99 Å². The Labute approximate surface area is 223 Å². The summed E-state index contributed by atoms with van der Waals surface area (Å²) < 4.78 is 6.23. The molecule has 5 aromatic rings. The average molecular weight is 490 g/mol. The molecule has 1 unspecified atom stereocenters. The molecule has 3 nitrogen and oxygen atoms in total. The van der Waals surface area contributed by atoms with Gasteiger partial charge in [0.25, 0.3) is 0 Å². The molecule has 0 amide bonds. The van der Waals surface area contributed by atoms with Gasteiger partial charge in [-0.2, -0.15) is 0 Å². The van der Waals surface area contributed by atoms with Crippen molar-refractivity contribution in [3.8, 4) is 11.1 Å². The fourth-order valence-corrected chi connectivity index (χ4v) is 5.82. The van der Waals surface area contributed by atoms with Crippen molar-refractivity contribution in [2.24, 2.45) is 4.99 Å². The zero-order valence-corrected chi connectivity index (χ0v) is 21.5. The predicted octanol–water partition coefficient (Wildman–Crippen LogP) is 6.30. The van der Waals surface area contributed by atoms with E-state index >= 15 is 0 Å². The molecule has 1 atom stereocenters. The summed E-state index contributed by atoms with van der Waals surface area (Å²) in [6.07, 6.45) is 5.99. The monoisotopic (exact) mass is 490 g/mol. The zero-order chi connectivity index (χ0) is 25.6. The summed E-state index contributed by atoms with van der Waals surface area (Å²) in [5.74, 6) is 0.807. The molecule has 0 fully saturated rings. The van der Waals surface area contributed by atoms with Gasteiger partial charge < -0.3 is 9.73 Å². The van der Waals surface area contributed by atoms with Gasteiger partial charge in [-0.15, -0.1) is 0 Å². The second-order valence-corrected chi connectivity index (χ2v) is 10.2. The summed E-state index contributed by atoms with van der Waals surface area (Å²) in [7, 11) is 0.958. The van der Waals surface area contributed by atoms with Crippen LogP contribution in [-0.2, 0) is 0 Å². The van der Waals surface area contributed by atoms with E-state index in [0.717, 1.165) is 46.5 Å². The van der Waals surface area contributed by atoms with Crippen LogP contribution in [0.3, 0.4) is 0 Å². The molecule has 0 radical (unpaired) electrons. The molecule has 38 heavy (non-hydrogen) atoms. The van der Waals surface area contributed by atoms with Gasteiger partial charge in [0.1, 0.15) is 5.58 Å². The second kappa shape index (κ2) is 9.07. The number of allylic oxidation sites excluding steroid dienone is 1. The number of anilines is 1. The number of dihydropyridines is 1. The molecule has 0 saturated carbocycles. The van der Waals surface area contributed by atoms with Crippen molar-refractivity contribution in [1.82, 2.24) is 0 Å². The van der Waals surface area contributed by atoms with E-state index in [-0.39, 0.29) is 6.04 Å². The van der Waals surface area contributed by atoms with Gasteiger partial charge in [0, 0.05) is 17.2 Å². The Morgan fingerprint density at radius 1 is 0.789 bits per heavy atom. The fraction of sp³-hybridized carbons (Fsp3) is 0.0882. The molecule has 7 rings (SSSR count). The Morgan fingerprint density at radius 3 is 2.29 bits per heavy atom. The number of aryl methyl sites for hydroxylation is 2. The van der Waals surface area contributed by atoms with Crippen LogP contribution in [0, 0.1) is 13.8 Å². The third kappa shape index (κ3) is 3.81. The summed E-state index contributed by atoms with van der Waals surface area (Å²) in [6.45, 7) is 4.45. The molecule has 0 aliphatic carbocycles. The molecule has 0 bridgehead atoms. The molecule has 1 aromatic heterocycles. The van der Waals surface area contributed by atoms with Gasteiger partial charge in [-0.1, -0.05) is 113 Å². The van der Waals surface area contributed by atoms with E-state index in [9.17, 15) is 0 Å². The van der Waals surface area contributed by atoms with Crippen molar-refractivity contribution in [2.45, 2.75) is 19.9 Å². The number of nitrogens with zero attached hydrogens (tertiary/aromatic N) is 1. The first-order chi connectivity index (χ1) is 18.7. The predicted molar refractivity (Wildman–Crippen MR) is 161 cm³/mol. The van der Waals surface area contributed by atoms with Crippen LogP contribution in [0.1, 0.15) is 22.3 Å². The Morgan fingerprint density at radius 2 is 1.50 bits per heavy atom. The topological polar surface area (TPSA) is 37.5 Å². The van der Waals surface area contributed by atoms with Crippen LogP contribution in [0.15, 0.2) is 118 Å². The van der Waals surface area contributed by atoms with E-state index < -0.39 is 0 Å². The minimum atomic E-state index is -0.00908. The number of para-hydroxylation sites is 1. The van der Waals surface area contributed by atoms with Crippen LogP contribution in [0.4, 0.5) is 5.88 Å². The molecule has 3 heterocycles. The molecule has 2 aliphatic rings. The molecular weight excluding hydrogens is 463 g/mol. The molecular formula is C34H27BN2O. The minimum absolute atomic E-state index is 0.00908. The van der Waals surface area contributed by atoms with E-state index in [1.807, 2.05) is 24.4 Å².